The molecule has 1 aromatic rings. The van der Waals surface area contributed by atoms with Crippen LogP contribution in [0.4, 0.5) is 0 Å². The van der Waals surface area contributed by atoms with Crippen molar-refractivity contribution in [2.75, 3.05) is 6.61 Å². The maximum absolute atomic E-state index is 8.70. The molecule has 1 atom stereocenters. The van der Waals surface area contributed by atoms with Gasteiger partial charge in [-0.15, -0.1) is 0 Å². The largest absolute Gasteiger partial charge is 0.357 e. The first kappa shape index (κ1) is 10.7. The molecule has 0 aliphatic carbocycles. The Kier molecular flexibility index (Phi) is 3.39. The monoisotopic (exact) mass is 269 g/mol. The molecule has 2 rings (SSSR count). The minimum absolute atomic E-state index is 0.00778. The van der Waals surface area contributed by atoms with Crippen molar-refractivity contribution in [2.24, 2.45) is 0 Å². The van der Waals surface area contributed by atoms with Crippen LogP contribution in [-0.4, -0.2) is 16.4 Å². The molecular weight excluding hydrogens is 258 g/mol. The smallest absolute Gasteiger partial charge is 0.150 e. The molecule has 0 bridgehead atoms. The molecule has 0 N–H and O–H groups in total. The summed E-state index contributed by atoms with van der Waals surface area (Å²) in [5.41, 5.74) is 0.913. The van der Waals surface area contributed by atoms with Gasteiger partial charge >= 0.3 is 0 Å². The van der Waals surface area contributed by atoms with E-state index in [-0.39, 0.29) is 6.23 Å². The van der Waals surface area contributed by atoms with Crippen molar-refractivity contribution in [1.82, 2.24) is 9.78 Å². The number of nitrogens with zero attached hydrogens (tertiary/aromatic N) is 3. The SMILES string of the molecule is N#CCc1cc(Br)nn1C1CCCCO1. The predicted molar refractivity (Wildman–Crippen MR) is 58.1 cm³/mol. The third kappa shape index (κ3) is 2.39. The van der Waals surface area contributed by atoms with Gasteiger partial charge in [-0.2, -0.15) is 10.4 Å². The van der Waals surface area contributed by atoms with E-state index in [9.17, 15) is 0 Å². The van der Waals surface area contributed by atoms with E-state index < -0.39 is 0 Å². The number of ether oxygens (including phenoxy) is 1. The van der Waals surface area contributed by atoms with Gasteiger partial charge in [-0.05, 0) is 41.3 Å². The van der Waals surface area contributed by atoms with E-state index in [1.807, 2.05) is 10.7 Å². The molecule has 15 heavy (non-hydrogen) atoms. The molecule has 4 nitrogen and oxygen atoms in total. The topological polar surface area (TPSA) is 50.8 Å². The zero-order chi connectivity index (χ0) is 10.7. The number of nitriles is 1. The van der Waals surface area contributed by atoms with Crippen LogP contribution in [0.1, 0.15) is 31.2 Å². The van der Waals surface area contributed by atoms with Crippen LogP contribution < -0.4 is 0 Å². The average Bonchev–Trinajstić information content (AvgIpc) is 2.62. The van der Waals surface area contributed by atoms with Gasteiger partial charge in [0.1, 0.15) is 4.60 Å². The highest BCUT2D eigenvalue weighted by molar-refractivity contribution is 9.10. The van der Waals surface area contributed by atoms with Gasteiger partial charge in [0.15, 0.2) is 6.23 Å². The number of halogens is 1. The Morgan fingerprint density at radius 1 is 1.67 bits per heavy atom. The summed E-state index contributed by atoms with van der Waals surface area (Å²) in [6, 6.07) is 4.02. The van der Waals surface area contributed by atoms with Gasteiger partial charge in [-0.3, -0.25) is 0 Å². The Bertz CT molecular complexity index is 377. The Labute approximate surface area is 97.0 Å². The van der Waals surface area contributed by atoms with Crippen LogP contribution in [0.2, 0.25) is 0 Å². The van der Waals surface area contributed by atoms with E-state index in [2.05, 4.69) is 27.1 Å². The third-order valence-electron chi connectivity index (χ3n) is 2.47. The van der Waals surface area contributed by atoms with Gasteiger partial charge in [-0.1, -0.05) is 0 Å². The van der Waals surface area contributed by atoms with E-state index in [4.69, 9.17) is 10.00 Å². The van der Waals surface area contributed by atoms with Crippen LogP contribution in [-0.2, 0) is 11.2 Å². The number of hydrogen-bond acceptors (Lipinski definition) is 3. The van der Waals surface area contributed by atoms with Gasteiger partial charge in [-0.25, -0.2) is 4.68 Å². The first-order chi connectivity index (χ1) is 7.31. The first-order valence-corrected chi connectivity index (χ1v) is 5.83. The van der Waals surface area contributed by atoms with Gasteiger partial charge in [0.25, 0.3) is 0 Å². The lowest BCUT2D eigenvalue weighted by Crippen LogP contribution is -2.20. The molecule has 2 heterocycles. The fourth-order valence-corrected chi connectivity index (χ4v) is 2.21. The van der Waals surface area contributed by atoms with Gasteiger partial charge in [0, 0.05) is 6.61 Å². The highest BCUT2D eigenvalue weighted by Crippen LogP contribution is 2.25. The van der Waals surface area contributed by atoms with Crippen LogP contribution in [0.3, 0.4) is 0 Å². The normalized spacial score (nSPS) is 21.2. The minimum atomic E-state index is 0.00778. The Morgan fingerprint density at radius 2 is 2.53 bits per heavy atom. The fraction of sp³-hybridized carbons (Fsp3) is 0.600. The second kappa shape index (κ2) is 4.77. The van der Waals surface area contributed by atoms with Crippen molar-refractivity contribution in [1.29, 1.82) is 5.26 Å². The Morgan fingerprint density at radius 3 is 3.20 bits per heavy atom. The number of aromatic nitrogens is 2. The summed E-state index contributed by atoms with van der Waals surface area (Å²) in [5, 5.41) is 13.0. The second-order valence-corrected chi connectivity index (χ2v) is 4.37. The molecule has 0 aromatic carbocycles. The summed E-state index contributed by atoms with van der Waals surface area (Å²) >= 11 is 3.32. The van der Waals surface area contributed by atoms with Crippen molar-refractivity contribution in [3.05, 3.63) is 16.4 Å². The van der Waals surface area contributed by atoms with Crippen molar-refractivity contribution >= 4 is 15.9 Å². The molecular formula is C10H12BrN3O. The number of hydrogen-bond donors (Lipinski definition) is 0. The minimum Gasteiger partial charge on any atom is -0.357 e. The van der Waals surface area contributed by atoms with Gasteiger partial charge in [0.2, 0.25) is 0 Å². The van der Waals surface area contributed by atoms with Crippen molar-refractivity contribution in [3.8, 4) is 6.07 Å². The van der Waals surface area contributed by atoms with Crippen LogP contribution in [0.5, 0.6) is 0 Å². The van der Waals surface area contributed by atoms with E-state index in [0.717, 1.165) is 36.2 Å². The van der Waals surface area contributed by atoms with Crippen LogP contribution in [0.15, 0.2) is 10.7 Å². The Hall–Kier alpha value is -0.860. The van der Waals surface area contributed by atoms with E-state index in [0.29, 0.717) is 6.42 Å². The summed E-state index contributed by atoms with van der Waals surface area (Å²) in [5.74, 6) is 0. The highest BCUT2D eigenvalue weighted by Gasteiger charge is 2.19. The zero-order valence-corrected chi connectivity index (χ0v) is 9.90. The molecule has 1 fully saturated rings. The second-order valence-electron chi connectivity index (χ2n) is 3.56. The lowest BCUT2D eigenvalue weighted by Gasteiger charge is -2.24. The first-order valence-electron chi connectivity index (χ1n) is 5.04. The molecule has 1 unspecified atom stereocenters. The standard InChI is InChI=1S/C10H12BrN3O/c11-9-7-8(4-5-12)14(13-9)10-3-1-2-6-15-10/h7,10H,1-4,6H2. The molecule has 1 aliphatic heterocycles. The summed E-state index contributed by atoms with van der Waals surface area (Å²) < 4.78 is 8.23. The molecule has 1 aromatic heterocycles. The predicted octanol–water partition coefficient (Wildman–Crippen LogP) is 2.41. The lowest BCUT2D eigenvalue weighted by molar-refractivity contribution is -0.0410. The lowest BCUT2D eigenvalue weighted by atomic mass is 10.2. The molecule has 0 saturated carbocycles. The molecule has 0 amide bonds. The van der Waals surface area contributed by atoms with Crippen molar-refractivity contribution in [3.63, 3.8) is 0 Å². The molecule has 0 radical (unpaired) electrons. The molecule has 0 spiro atoms. The van der Waals surface area contributed by atoms with Gasteiger partial charge in [0.05, 0.1) is 18.2 Å². The average molecular weight is 270 g/mol. The summed E-state index contributed by atoms with van der Waals surface area (Å²) in [4.78, 5) is 0. The van der Waals surface area contributed by atoms with Crippen molar-refractivity contribution < 1.29 is 4.74 Å². The maximum atomic E-state index is 8.70. The zero-order valence-electron chi connectivity index (χ0n) is 8.32. The number of rotatable bonds is 2. The van der Waals surface area contributed by atoms with Crippen LogP contribution in [0.25, 0.3) is 0 Å². The van der Waals surface area contributed by atoms with E-state index in [1.54, 1.807) is 0 Å². The van der Waals surface area contributed by atoms with Crippen LogP contribution in [0, 0.1) is 11.3 Å². The fourth-order valence-electron chi connectivity index (χ4n) is 1.78. The summed E-state index contributed by atoms with van der Waals surface area (Å²) in [6.45, 7) is 0.786. The van der Waals surface area contributed by atoms with Gasteiger partial charge < -0.3 is 4.74 Å². The molecule has 1 aliphatic rings. The van der Waals surface area contributed by atoms with E-state index >= 15 is 0 Å². The third-order valence-corrected chi connectivity index (χ3v) is 2.86. The van der Waals surface area contributed by atoms with E-state index in [1.165, 1.54) is 0 Å². The van der Waals surface area contributed by atoms with Crippen LogP contribution >= 0.6 is 15.9 Å². The molecule has 1 saturated heterocycles. The summed E-state index contributed by atoms with van der Waals surface area (Å²) in [7, 11) is 0. The van der Waals surface area contributed by atoms with Crippen molar-refractivity contribution in [2.45, 2.75) is 31.9 Å². The summed E-state index contributed by atoms with van der Waals surface area (Å²) in [6.07, 6.45) is 3.64. The maximum Gasteiger partial charge on any atom is 0.150 e. The highest BCUT2D eigenvalue weighted by atomic mass is 79.9. The Balaban J connectivity index is 2.21. The molecule has 80 valence electrons. The molecule has 5 heteroatoms. The quantitative estimate of drug-likeness (QED) is 0.829.